The van der Waals surface area contributed by atoms with Gasteiger partial charge in [-0.05, 0) is 55.3 Å². The Balaban J connectivity index is 1.29. The summed E-state index contributed by atoms with van der Waals surface area (Å²) in [6.07, 6.45) is 0. The molecule has 0 N–H and O–H groups in total. The van der Waals surface area contributed by atoms with Gasteiger partial charge >= 0.3 is 0 Å². The molecule has 1 saturated heterocycles. The van der Waals surface area contributed by atoms with Crippen LogP contribution < -0.4 is 4.90 Å². The van der Waals surface area contributed by atoms with Gasteiger partial charge in [0.05, 0.1) is 5.69 Å². The summed E-state index contributed by atoms with van der Waals surface area (Å²) in [5.41, 5.74) is 4.44. The molecule has 0 bridgehead atoms. The first-order valence-electron chi connectivity index (χ1n) is 12.0. The van der Waals surface area contributed by atoms with Crippen LogP contribution in [0.3, 0.4) is 0 Å². The van der Waals surface area contributed by atoms with E-state index in [4.69, 9.17) is 0 Å². The highest BCUT2D eigenvalue weighted by Crippen LogP contribution is 2.28. The van der Waals surface area contributed by atoms with Gasteiger partial charge in [0.1, 0.15) is 11.6 Å². The number of aryl methyl sites for hydroxylation is 2. The van der Waals surface area contributed by atoms with Crippen molar-refractivity contribution in [3.8, 4) is 5.69 Å². The van der Waals surface area contributed by atoms with Gasteiger partial charge in [0, 0.05) is 43.2 Å². The lowest BCUT2D eigenvalue weighted by Crippen LogP contribution is -2.49. The number of carbonyl (C=O) groups excluding carboxylic acids is 1. The zero-order valence-corrected chi connectivity index (χ0v) is 21.2. The normalized spacial score (nSPS) is 13.8. The number of hydrogen-bond acceptors (Lipinski definition) is 5. The predicted octanol–water partition coefficient (Wildman–Crippen LogP) is 5.28. The van der Waals surface area contributed by atoms with Crippen LogP contribution in [0.1, 0.15) is 27.3 Å². The van der Waals surface area contributed by atoms with Crippen LogP contribution in [0.4, 0.5) is 10.1 Å². The van der Waals surface area contributed by atoms with Crippen LogP contribution in [0.5, 0.6) is 0 Å². The van der Waals surface area contributed by atoms with Gasteiger partial charge in [0.2, 0.25) is 0 Å². The molecule has 6 nitrogen and oxygen atoms in total. The van der Waals surface area contributed by atoms with Crippen molar-refractivity contribution in [2.75, 3.05) is 31.1 Å². The van der Waals surface area contributed by atoms with Crippen molar-refractivity contribution in [1.29, 1.82) is 0 Å². The van der Waals surface area contributed by atoms with Crippen molar-refractivity contribution in [3.63, 3.8) is 0 Å². The van der Waals surface area contributed by atoms with Gasteiger partial charge in [-0.3, -0.25) is 9.36 Å². The van der Waals surface area contributed by atoms with E-state index in [0.29, 0.717) is 43.2 Å². The van der Waals surface area contributed by atoms with E-state index in [-0.39, 0.29) is 11.7 Å². The average molecular weight is 502 g/mol. The molecule has 1 aliphatic rings. The summed E-state index contributed by atoms with van der Waals surface area (Å²) in [5.74, 6) is 1.20. The zero-order chi connectivity index (χ0) is 25.1. The van der Waals surface area contributed by atoms with Crippen LogP contribution in [0.15, 0.2) is 78.0 Å². The van der Waals surface area contributed by atoms with E-state index >= 15 is 0 Å². The molecular weight excluding hydrogens is 473 g/mol. The second-order valence-electron chi connectivity index (χ2n) is 8.88. The van der Waals surface area contributed by atoms with Gasteiger partial charge in [0.25, 0.3) is 5.91 Å². The van der Waals surface area contributed by atoms with Crippen molar-refractivity contribution in [1.82, 2.24) is 19.7 Å². The summed E-state index contributed by atoms with van der Waals surface area (Å²) in [7, 11) is 0. The molecule has 0 spiro atoms. The molecule has 0 aliphatic carbocycles. The van der Waals surface area contributed by atoms with Gasteiger partial charge in [-0.1, -0.05) is 54.2 Å². The highest BCUT2D eigenvalue weighted by Gasteiger charge is 2.25. The molecule has 0 unspecified atom stereocenters. The second-order valence-corrected chi connectivity index (χ2v) is 9.82. The Morgan fingerprint density at radius 2 is 1.67 bits per heavy atom. The van der Waals surface area contributed by atoms with E-state index in [0.717, 1.165) is 22.2 Å². The molecule has 2 heterocycles. The van der Waals surface area contributed by atoms with Crippen LogP contribution in [-0.4, -0.2) is 51.8 Å². The summed E-state index contributed by atoms with van der Waals surface area (Å²) < 4.78 is 16.2. The number of amides is 1. The van der Waals surface area contributed by atoms with Gasteiger partial charge in [-0.25, -0.2) is 4.39 Å². The predicted molar refractivity (Wildman–Crippen MR) is 141 cm³/mol. The minimum absolute atomic E-state index is 0.00992. The van der Waals surface area contributed by atoms with E-state index in [1.54, 1.807) is 23.9 Å². The lowest BCUT2D eigenvalue weighted by atomic mass is 10.1. The fraction of sp³-hybridized carbons (Fsp3) is 0.250. The topological polar surface area (TPSA) is 54.3 Å². The number of carbonyl (C=O) groups is 1. The number of benzene rings is 3. The minimum atomic E-state index is -0.228. The smallest absolute Gasteiger partial charge is 0.254 e. The molecule has 3 aromatic carbocycles. The lowest BCUT2D eigenvalue weighted by Gasteiger charge is -2.36. The number of thioether (sulfide) groups is 1. The third-order valence-electron chi connectivity index (χ3n) is 6.42. The lowest BCUT2D eigenvalue weighted by molar-refractivity contribution is 0.0746. The van der Waals surface area contributed by atoms with Crippen molar-refractivity contribution >= 4 is 23.4 Å². The minimum Gasteiger partial charge on any atom is -0.366 e. The summed E-state index contributed by atoms with van der Waals surface area (Å²) >= 11 is 1.57. The first kappa shape index (κ1) is 24.1. The Morgan fingerprint density at radius 3 is 2.44 bits per heavy atom. The Morgan fingerprint density at radius 1 is 0.917 bits per heavy atom. The third kappa shape index (κ3) is 4.99. The number of halogens is 1. The van der Waals surface area contributed by atoms with Crippen molar-refractivity contribution in [2.45, 2.75) is 24.8 Å². The molecule has 8 heteroatoms. The van der Waals surface area contributed by atoms with Crippen LogP contribution >= 0.6 is 11.8 Å². The summed E-state index contributed by atoms with van der Waals surface area (Å²) in [6, 6.07) is 22.8. The van der Waals surface area contributed by atoms with E-state index in [2.05, 4.69) is 29.3 Å². The van der Waals surface area contributed by atoms with E-state index in [1.165, 1.54) is 11.6 Å². The molecule has 1 aliphatic heterocycles. The number of para-hydroxylation sites is 1. The summed E-state index contributed by atoms with van der Waals surface area (Å²) in [5, 5.41) is 9.47. The Bertz CT molecular complexity index is 1380. The molecule has 0 atom stereocenters. The molecule has 1 fully saturated rings. The first-order chi connectivity index (χ1) is 17.5. The molecular formula is C28H28FN5OS. The molecule has 1 amide bonds. The summed E-state index contributed by atoms with van der Waals surface area (Å²) in [4.78, 5) is 17.3. The average Bonchev–Trinajstić information content (AvgIpc) is 3.28. The fourth-order valence-electron chi connectivity index (χ4n) is 4.53. The van der Waals surface area contributed by atoms with Gasteiger partial charge in [0.15, 0.2) is 5.16 Å². The second kappa shape index (κ2) is 10.5. The highest BCUT2D eigenvalue weighted by molar-refractivity contribution is 7.98. The number of hydrogen-bond donors (Lipinski definition) is 0. The number of anilines is 1. The van der Waals surface area contributed by atoms with Crippen LogP contribution in [0.25, 0.3) is 5.69 Å². The van der Waals surface area contributed by atoms with Crippen molar-refractivity contribution in [3.05, 3.63) is 101 Å². The maximum Gasteiger partial charge on any atom is 0.254 e. The number of nitrogens with zero attached hydrogens (tertiary/aromatic N) is 5. The molecule has 36 heavy (non-hydrogen) atoms. The Labute approximate surface area is 214 Å². The fourth-order valence-corrected chi connectivity index (χ4v) is 5.53. The highest BCUT2D eigenvalue weighted by atomic mass is 32.2. The quantitative estimate of drug-likeness (QED) is 0.337. The number of rotatable bonds is 6. The molecule has 0 saturated carbocycles. The van der Waals surface area contributed by atoms with Crippen LogP contribution in [0.2, 0.25) is 0 Å². The van der Waals surface area contributed by atoms with Crippen molar-refractivity contribution < 1.29 is 9.18 Å². The molecule has 5 rings (SSSR count). The van der Waals surface area contributed by atoms with Crippen LogP contribution in [0, 0.1) is 19.7 Å². The maximum absolute atomic E-state index is 14.2. The van der Waals surface area contributed by atoms with Crippen molar-refractivity contribution in [2.24, 2.45) is 0 Å². The van der Waals surface area contributed by atoms with E-state index < -0.39 is 0 Å². The van der Waals surface area contributed by atoms with E-state index in [1.807, 2.05) is 63.8 Å². The molecule has 0 radical (unpaired) electrons. The summed E-state index contributed by atoms with van der Waals surface area (Å²) in [6.45, 7) is 6.31. The monoisotopic (exact) mass is 501 g/mol. The molecule has 4 aromatic rings. The SMILES string of the molecule is Cc1cccc(-n2c(C)nnc2SCc2ccccc2C(=O)N2CCN(c3ccccc3F)CC2)c1. The third-order valence-corrected chi connectivity index (χ3v) is 7.40. The maximum atomic E-state index is 14.2. The van der Waals surface area contributed by atoms with Gasteiger partial charge < -0.3 is 9.80 Å². The standard InChI is InChI=1S/C28H28FN5OS/c1-20-8-7-10-23(18-20)34-21(2)30-31-28(34)36-19-22-9-3-4-11-24(22)27(35)33-16-14-32(15-17-33)26-13-6-5-12-25(26)29/h3-13,18H,14-17,19H2,1-2H3. The molecule has 1 aromatic heterocycles. The number of piperazine rings is 1. The number of aromatic nitrogens is 3. The first-order valence-corrected chi connectivity index (χ1v) is 13.0. The zero-order valence-electron chi connectivity index (χ0n) is 20.4. The van der Waals surface area contributed by atoms with Gasteiger partial charge in [-0.15, -0.1) is 10.2 Å². The molecule has 184 valence electrons. The van der Waals surface area contributed by atoms with Gasteiger partial charge in [-0.2, -0.15) is 0 Å². The van der Waals surface area contributed by atoms with E-state index in [9.17, 15) is 9.18 Å². The Kier molecular flexibility index (Phi) is 7.04. The Hall–Kier alpha value is -3.65. The van der Waals surface area contributed by atoms with Crippen LogP contribution in [-0.2, 0) is 5.75 Å². The largest absolute Gasteiger partial charge is 0.366 e.